The van der Waals surface area contributed by atoms with Gasteiger partial charge in [-0.05, 0) is 48.7 Å². The summed E-state index contributed by atoms with van der Waals surface area (Å²) in [4.78, 5) is 28.5. The van der Waals surface area contributed by atoms with Crippen LogP contribution in [-0.4, -0.2) is 23.4 Å². The van der Waals surface area contributed by atoms with E-state index in [1.165, 1.54) is 11.3 Å². The SMILES string of the molecule is CCOc1ccc(CNC(=O)CCc2ccc3nc(NC(=O)C(C)C)sc3c2)cc1. The number of amides is 2. The second-order valence-electron chi connectivity index (χ2n) is 7.32. The minimum absolute atomic E-state index is 0.0122. The summed E-state index contributed by atoms with van der Waals surface area (Å²) in [6.45, 7) is 6.78. The largest absolute Gasteiger partial charge is 0.494 e. The molecule has 2 amide bonds. The van der Waals surface area contributed by atoms with Crippen molar-refractivity contribution in [2.75, 3.05) is 11.9 Å². The van der Waals surface area contributed by atoms with E-state index in [1.54, 1.807) is 0 Å². The van der Waals surface area contributed by atoms with E-state index in [4.69, 9.17) is 4.74 Å². The lowest BCUT2D eigenvalue weighted by Gasteiger charge is -2.07. The molecule has 0 aliphatic rings. The maximum atomic E-state index is 12.2. The Morgan fingerprint density at radius 2 is 1.83 bits per heavy atom. The fourth-order valence-electron chi connectivity index (χ4n) is 2.84. The van der Waals surface area contributed by atoms with Gasteiger partial charge in [-0.25, -0.2) is 4.98 Å². The minimum Gasteiger partial charge on any atom is -0.494 e. The Morgan fingerprint density at radius 1 is 1.10 bits per heavy atom. The predicted molar refractivity (Wildman–Crippen MR) is 121 cm³/mol. The van der Waals surface area contributed by atoms with Crippen LogP contribution in [0.3, 0.4) is 0 Å². The summed E-state index contributed by atoms with van der Waals surface area (Å²) < 4.78 is 6.42. The van der Waals surface area contributed by atoms with Gasteiger partial charge in [-0.15, -0.1) is 0 Å². The van der Waals surface area contributed by atoms with Crippen molar-refractivity contribution in [3.8, 4) is 5.75 Å². The van der Waals surface area contributed by atoms with Gasteiger partial charge in [0, 0.05) is 18.9 Å². The van der Waals surface area contributed by atoms with Crippen molar-refractivity contribution >= 4 is 38.5 Å². The topological polar surface area (TPSA) is 80.3 Å². The van der Waals surface area contributed by atoms with Gasteiger partial charge in [-0.3, -0.25) is 9.59 Å². The number of ether oxygens (including phenoxy) is 1. The van der Waals surface area contributed by atoms with E-state index in [0.29, 0.717) is 31.1 Å². The maximum Gasteiger partial charge on any atom is 0.228 e. The number of aryl methyl sites for hydroxylation is 1. The highest BCUT2D eigenvalue weighted by molar-refractivity contribution is 7.22. The molecule has 0 saturated carbocycles. The zero-order chi connectivity index (χ0) is 21.5. The molecule has 0 aliphatic carbocycles. The van der Waals surface area contributed by atoms with E-state index in [0.717, 1.165) is 27.1 Å². The van der Waals surface area contributed by atoms with E-state index in [1.807, 2.05) is 63.2 Å². The average Bonchev–Trinajstić information content (AvgIpc) is 3.13. The van der Waals surface area contributed by atoms with Crippen molar-refractivity contribution < 1.29 is 14.3 Å². The van der Waals surface area contributed by atoms with Gasteiger partial charge < -0.3 is 15.4 Å². The first-order valence-electron chi connectivity index (χ1n) is 10.1. The lowest BCUT2D eigenvalue weighted by atomic mass is 10.1. The highest BCUT2D eigenvalue weighted by Crippen LogP contribution is 2.27. The lowest BCUT2D eigenvalue weighted by Crippen LogP contribution is -2.22. The van der Waals surface area contributed by atoms with Crippen molar-refractivity contribution in [3.63, 3.8) is 0 Å². The first-order valence-corrected chi connectivity index (χ1v) is 10.9. The Morgan fingerprint density at radius 3 is 2.53 bits per heavy atom. The molecule has 0 atom stereocenters. The number of nitrogens with one attached hydrogen (secondary N) is 2. The molecular weight excluding hydrogens is 398 g/mol. The van der Waals surface area contributed by atoms with Gasteiger partial charge in [0.05, 0.1) is 16.8 Å². The Bertz CT molecular complexity index is 1010. The van der Waals surface area contributed by atoms with Gasteiger partial charge in [-0.2, -0.15) is 0 Å². The second kappa shape index (κ2) is 10.2. The first kappa shape index (κ1) is 21.8. The Balaban J connectivity index is 1.50. The second-order valence-corrected chi connectivity index (χ2v) is 8.35. The summed E-state index contributed by atoms with van der Waals surface area (Å²) in [6, 6.07) is 13.7. The highest BCUT2D eigenvalue weighted by Gasteiger charge is 2.11. The number of benzene rings is 2. The molecule has 158 valence electrons. The lowest BCUT2D eigenvalue weighted by molar-refractivity contribution is -0.121. The van der Waals surface area contributed by atoms with Crippen molar-refractivity contribution in [3.05, 3.63) is 53.6 Å². The predicted octanol–water partition coefficient (Wildman–Crippen LogP) is 4.54. The summed E-state index contributed by atoms with van der Waals surface area (Å²) in [5, 5.41) is 6.40. The van der Waals surface area contributed by atoms with Gasteiger partial charge in [0.25, 0.3) is 0 Å². The zero-order valence-corrected chi connectivity index (χ0v) is 18.3. The Kier molecular flexibility index (Phi) is 7.41. The van der Waals surface area contributed by atoms with E-state index < -0.39 is 0 Å². The monoisotopic (exact) mass is 425 g/mol. The van der Waals surface area contributed by atoms with Crippen LogP contribution >= 0.6 is 11.3 Å². The standard InChI is InChI=1S/C23H27N3O3S/c1-4-29-18-9-5-17(6-10-18)14-24-21(27)12-8-16-7-11-19-20(13-16)30-23(25-19)26-22(28)15(2)3/h5-7,9-11,13,15H,4,8,12,14H2,1-3H3,(H,24,27)(H,25,26,28). The molecule has 30 heavy (non-hydrogen) atoms. The summed E-state index contributed by atoms with van der Waals surface area (Å²) in [5.74, 6) is 0.711. The molecule has 0 aliphatic heterocycles. The summed E-state index contributed by atoms with van der Waals surface area (Å²) in [7, 11) is 0. The molecule has 0 bridgehead atoms. The fourth-order valence-corrected chi connectivity index (χ4v) is 3.78. The van der Waals surface area contributed by atoms with Gasteiger partial charge in [0.1, 0.15) is 5.75 Å². The van der Waals surface area contributed by atoms with Crippen LogP contribution in [0.4, 0.5) is 5.13 Å². The smallest absolute Gasteiger partial charge is 0.228 e. The molecule has 0 radical (unpaired) electrons. The normalized spacial score (nSPS) is 10.9. The third-order valence-corrected chi connectivity index (χ3v) is 5.51. The first-order chi connectivity index (χ1) is 14.4. The van der Waals surface area contributed by atoms with Crippen LogP contribution in [0.2, 0.25) is 0 Å². The molecule has 0 saturated heterocycles. The highest BCUT2D eigenvalue weighted by atomic mass is 32.1. The number of carbonyl (C=O) groups is 2. The molecule has 7 heteroatoms. The van der Waals surface area contributed by atoms with Crippen LogP contribution in [0, 0.1) is 5.92 Å². The quantitative estimate of drug-likeness (QED) is 0.527. The van der Waals surface area contributed by atoms with Crippen molar-refractivity contribution in [2.45, 2.75) is 40.2 Å². The number of carbonyl (C=O) groups excluding carboxylic acids is 2. The molecule has 3 rings (SSSR count). The summed E-state index contributed by atoms with van der Waals surface area (Å²) >= 11 is 1.45. The third kappa shape index (κ3) is 6.03. The molecule has 3 aromatic rings. The number of nitrogens with zero attached hydrogens (tertiary/aromatic N) is 1. The third-order valence-electron chi connectivity index (χ3n) is 4.57. The molecule has 2 N–H and O–H groups in total. The molecule has 1 heterocycles. The van der Waals surface area contributed by atoms with Gasteiger partial charge in [0.15, 0.2) is 5.13 Å². The molecule has 2 aromatic carbocycles. The molecule has 6 nitrogen and oxygen atoms in total. The molecule has 0 fully saturated rings. The van der Waals surface area contributed by atoms with E-state index in [9.17, 15) is 9.59 Å². The maximum absolute atomic E-state index is 12.2. The molecule has 0 spiro atoms. The molecular formula is C23H27N3O3S. The van der Waals surface area contributed by atoms with E-state index >= 15 is 0 Å². The number of thiazole rings is 1. The Labute approximate surface area is 180 Å². The van der Waals surface area contributed by atoms with Crippen LogP contribution in [0.1, 0.15) is 38.3 Å². The van der Waals surface area contributed by atoms with Crippen molar-refractivity contribution in [1.82, 2.24) is 10.3 Å². The van der Waals surface area contributed by atoms with Gasteiger partial charge in [-0.1, -0.05) is 43.4 Å². The van der Waals surface area contributed by atoms with Gasteiger partial charge >= 0.3 is 0 Å². The number of hydrogen-bond donors (Lipinski definition) is 2. The average molecular weight is 426 g/mol. The fraction of sp³-hybridized carbons (Fsp3) is 0.348. The van der Waals surface area contributed by atoms with Crippen molar-refractivity contribution in [2.24, 2.45) is 5.92 Å². The Hall–Kier alpha value is -2.93. The van der Waals surface area contributed by atoms with Crippen LogP contribution in [0.25, 0.3) is 10.2 Å². The number of anilines is 1. The van der Waals surface area contributed by atoms with Crippen LogP contribution in [0.5, 0.6) is 5.75 Å². The van der Waals surface area contributed by atoms with Crippen LogP contribution in [0.15, 0.2) is 42.5 Å². The number of rotatable bonds is 9. The number of fused-ring (bicyclic) bond motifs is 1. The minimum atomic E-state index is -0.0892. The van der Waals surface area contributed by atoms with Gasteiger partial charge in [0.2, 0.25) is 11.8 Å². The van der Waals surface area contributed by atoms with Crippen LogP contribution < -0.4 is 15.4 Å². The van der Waals surface area contributed by atoms with Crippen LogP contribution in [-0.2, 0) is 22.6 Å². The number of hydrogen-bond acceptors (Lipinski definition) is 5. The van der Waals surface area contributed by atoms with Crippen molar-refractivity contribution in [1.29, 1.82) is 0 Å². The van der Waals surface area contributed by atoms with E-state index in [-0.39, 0.29) is 17.7 Å². The molecule has 1 aromatic heterocycles. The molecule has 0 unspecified atom stereocenters. The number of aromatic nitrogens is 1. The van der Waals surface area contributed by atoms with E-state index in [2.05, 4.69) is 15.6 Å². The summed E-state index contributed by atoms with van der Waals surface area (Å²) in [6.07, 6.45) is 1.06. The summed E-state index contributed by atoms with van der Waals surface area (Å²) in [5.41, 5.74) is 2.96. The zero-order valence-electron chi connectivity index (χ0n) is 17.5.